The van der Waals surface area contributed by atoms with Gasteiger partial charge in [-0.15, -0.1) is 0 Å². The van der Waals surface area contributed by atoms with Gasteiger partial charge in [-0.1, -0.05) is 51.2 Å². The lowest BCUT2D eigenvalue weighted by Crippen LogP contribution is -2.04. The SMILES string of the molecule is CCCCCCCCC=CC(=O)Oc1cccc([N+](=O)[O-])c1. The number of ether oxygens (including phenoxy) is 1. The Labute approximate surface area is 131 Å². The average Bonchev–Trinajstić information content (AvgIpc) is 2.50. The van der Waals surface area contributed by atoms with Crippen LogP contribution < -0.4 is 4.74 Å². The molecule has 5 nitrogen and oxygen atoms in total. The molecule has 0 spiro atoms. The van der Waals surface area contributed by atoms with Crippen molar-refractivity contribution in [2.24, 2.45) is 0 Å². The molecule has 0 atom stereocenters. The molecule has 1 aromatic rings. The fraction of sp³-hybridized carbons (Fsp3) is 0.471. The van der Waals surface area contributed by atoms with E-state index in [0.717, 1.165) is 12.8 Å². The van der Waals surface area contributed by atoms with Crippen LogP contribution in [0, 0.1) is 10.1 Å². The fourth-order valence-electron chi connectivity index (χ4n) is 2.03. The molecular weight excluding hydrogens is 282 g/mol. The van der Waals surface area contributed by atoms with E-state index in [0.29, 0.717) is 0 Å². The number of nitro groups is 1. The molecule has 0 amide bonds. The third-order valence-corrected chi connectivity index (χ3v) is 3.23. The van der Waals surface area contributed by atoms with Gasteiger partial charge in [-0.25, -0.2) is 4.79 Å². The van der Waals surface area contributed by atoms with Crippen molar-refractivity contribution in [2.45, 2.75) is 51.9 Å². The van der Waals surface area contributed by atoms with Gasteiger partial charge in [0, 0.05) is 12.1 Å². The van der Waals surface area contributed by atoms with E-state index in [2.05, 4.69) is 6.92 Å². The number of allylic oxidation sites excluding steroid dienone is 1. The Morgan fingerprint density at radius 1 is 1.23 bits per heavy atom. The summed E-state index contributed by atoms with van der Waals surface area (Å²) in [5.41, 5.74) is -0.0960. The maximum Gasteiger partial charge on any atom is 0.335 e. The Morgan fingerprint density at radius 2 is 1.95 bits per heavy atom. The van der Waals surface area contributed by atoms with Gasteiger partial charge in [0.15, 0.2) is 0 Å². The highest BCUT2D eigenvalue weighted by Gasteiger charge is 2.08. The Kier molecular flexibility index (Phi) is 8.57. The van der Waals surface area contributed by atoms with Gasteiger partial charge < -0.3 is 4.74 Å². The topological polar surface area (TPSA) is 69.4 Å². The van der Waals surface area contributed by atoms with Gasteiger partial charge in [0.25, 0.3) is 5.69 Å². The summed E-state index contributed by atoms with van der Waals surface area (Å²) in [6.07, 6.45) is 11.3. The van der Waals surface area contributed by atoms with Crippen molar-refractivity contribution in [3.05, 3.63) is 46.5 Å². The number of carbonyl (C=O) groups excluding carboxylic acids is 1. The second-order valence-electron chi connectivity index (χ2n) is 5.13. The van der Waals surface area contributed by atoms with Gasteiger partial charge in [-0.2, -0.15) is 0 Å². The zero-order valence-electron chi connectivity index (χ0n) is 13.0. The van der Waals surface area contributed by atoms with E-state index in [-0.39, 0.29) is 11.4 Å². The van der Waals surface area contributed by atoms with Crippen LogP contribution in [0.25, 0.3) is 0 Å². The van der Waals surface area contributed by atoms with E-state index in [1.807, 2.05) is 0 Å². The summed E-state index contributed by atoms with van der Waals surface area (Å²) >= 11 is 0. The molecule has 0 aromatic heterocycles. The molecule has 120 valence electrons. The van der Waals surface area contributed by atoms with Gasteiger partial charge in [0.1, 0.15) is 5.75 Å². The molecule has 0 unspecified atom stereocenters. The monoisotopic (exact) mass is 305 g/mol. The van der Waals surface area contributed by atoms with E-state index >= 15 is 0 Å². The molecular formula is C17H23NO4. The predicted molar refractivity (Wildman–Crippen MR) is 85.9 cm³/mol. The maximum absolute atomic E-state index is 11.6. The molecule has 0 fully saturated rings. The zero-order chi connectivity index (χ0) is 16.2. The summed E-state index contributed by atoms with van der Waals surface area (Å²) in [5, 5.41) is 10.6. The van der Waals surface area contributed by atoms with Crippen molar-refractivity contribution >= 4 is 11.7 Å². The molecule has 0 radical (unpaired) electrons. The van der Waals surface area contributed by atoms with Crippen LogP contribution in [0.3, 0.4) is 0 Å². The summed E-state index contributed by atoms with van der Waals surface area (Å²) in [7, 11) is 0. The van der Waals surface area contributed by atoms with Crippen LogP contribution in [-0.4, -0.2) is 10.9 Å². The number of carbonyl (C=O) groups is 1. The highest BCUT2D eigenvalue weighted by molar-refractivity contribution is 5.84. The number of esters is 1. The first kappa shape index (κ1) is 17.9. The molecule has 1 rings (SSSR count). The number of unbranched alkanes of at least 4 members (excludes halogenated alkanes) is 6. The number of nitro benzene ring substituents is 1. The molecule has 1 aromatic carbocycles. The molecule has 0 aliphatic carbocycles. The summed E-state index contributed by atoms with van der Waals surface area (Å²) in [5.74, 6) is -0.324. The molecule has 5 heteroatoms. The first-order chi connectivity index (χ1) is 10.6. The number of hydrogen-bond donors (Lipinski definition) is 0. The van der Waals surface area contributed by atoms with Crippen molar-refractivity contribution in [3.8, 4) is 5.75 Å². The predicted octanol–water partition coefficient (Wildman–Crippen LogP) is 4.81. The standard InChI is InChI=1S/C17H23NO4/c1-2-3-4-5-6-7-8-9-13-17(19)22-16-12-10-11-15(14-16)18(20)21/h9-14H,2-8H2,1H3. The summed E-state index contributed by atoms with van der Waals surface area (Å²) in [4.78, 5) is 21.7. The molecule has 0 saturated heterocycles. The Morgan fingerprint density at radius 3 is 2.68 bits per heavy atom. The van der Waals surface area contributed by atoms with E-state index in [4.69, 9.17) is 4.74 Å². The normalized spacial score (nSPS) is 10.8. The molecule has 0 heterocycles. The lowest BCUT2D eigenvalue weighted by atomic mass is 10.1. The number of rotatable bonds is 10. The minimum atomic E-state index is -0.522. The van der Waals surface area contributed by atoms with Gasteiger partial charge in [-0.3, -0.25) is 10.1 Å². The maximum atomic E-state index is 11.6. The van der Waals surface area contributed by atoms with Crippen molar-refractivity contribution in [1.82, 2.24) is 0 Å². The summed E-state index contributed by atoms with van der Waals surface area (Å²) in [6.45, 7) is 2.19. The number of nitrogens with zero attached hydrogens (tertiary/aromatic N) is 1. The van der Waals surface area contributed by atoms with Crippen LogP contribution in [0.4, 0.5) is 5.69 Å². The summed E-state index contributed by atoms with van der Waals surface area (Å²) < 4.78 is 5.03. The Hall–Kier alpha value is -2.17. The van der Waals surface area contributed by atoms with Crippen LogP contribution in [0.15, 0.2) is 36.4 Å². The molecule has 0 bridgehead atoms. The lowest BCUT2D eigenvalue weighted by Gasteiger charge is -2.01. The highest BCUT2D eigenvalue weighted by Crippen LogP contribution is 2.19. The average molecular weight is 305 g/mol. The van der Waals surface area contributed by atoms with Crippen LogP contribution in [0.2, 0.25) is 0 Å². The van der Waals surface area contributed by atoms with Gasteiger partial charge in [-0.05, 0) is 18.9 Å². The minimum absolute atomic E-state index is 0.0960. The Bertz CT molecular complexity index is 511. The Balaban J connectivity index is 2.26. The third kappa shape index (κ3) is 7.57. The smallest absolute Gasteiger partial charge is 0.335 e. The van der Waals surface area contributed by atoms with Crippen LogP contribution >= 0.6 is 0 Å². The van der Waals surface area contributed by atoms with E-state index < -0.39 is 10.9 Å². The summed E-state index contributed by atoms with van der Waals surface area (Å²) in [6, 6.07) is 5.60. The molecule has 0 aliphatic heterocycles. The second kappa shape index (κ2) is 10.5. The van der Waals surface area contributed by atoms with E-state index in [1.165, 1.54) is 62.4 Å². The molecule has 0 N–H and O–H groups in total. The first-order valence-corrected chi connectivity index (χ1v) is 7.76. The van der Waals surface area contributed by atoms with Crippen LogP contribution in [0.5, 0.6) is 5.75 Å². The highest BCUT2D eigenvalue weighted by atomic mass is 16.6. The lowest BCUT2D eigenvalue weighted by molar-refractivity contribution is -0.384. The minimum Gasteiger partial charge on any atom is -0.423 e. The zero-order valence-corrected chi connectivity index (χ0v) is 13.0. The second-order valence-corrected chi connectivity index (χ2v) is 5.13. The number of benzene rings is 1. The fourth-order valence-corrected chi connectivity index (χ4v) is 2.03. The van der Waals surface area contributed by atoms with Crippen LogP contribution in [-0.2, 0) is 4.79 Å². The number of non-ortho nitro benzene ring substituents is 1. The van der Waals surface area contributed by atoms with E-state index in [1.54, 1.807) is 6.08 Å². The van der Waals surface area contributed by atoms with E-state index in [9.17, 15) is 14.9 Å². The molecule has 0 saturated carbocycles. The molecule has 0 aliphatic rings. The van der Waals surface area contributed by atoms with Gasteiger partial charge >= 0.3 is 5.97 Å². The van der Waals surface area contributed by atoms with Crippen molar-refractivity contribution in [2.75, 3.05) is 0 Å². The van der Waals surface area contributed by atoms with Crippen molar-refractivity contribution < 1.29 is 14.5 Å². The van der Waals surface area contributed by atoms with Gasteiger partial charge in [0.05, 0.1) is 11.0 Å². The van der Waals surface area contributed by atoms with Crippen molar-refractivity contribution in [1.29, 1.82) is 0 Å². The van der Waals surface area contributed by atoms with Crippen LogP contribution in [0.1, 0.15) is 51.9 Å². The first-order valence-electron chi connectivity index (χ1n) is 7.76. The number of hydrogen-bond acceptors (Lipinski definition) is 4. The molecule has 22 heavy (non-hydrogen) atoms. The van der Waals surface area contributed by atoms with Crippen molar-refractivity contribution in [3.63, 3.8) is 0 Å². The largest absolute Gasteiger partial charge is 0.423 e. The van der Waals surface area contributed by atoms with Gasteiger partial charge in [0.2, 0.25) is 0 Å². The quantitative estimate of drug-likeness (QED) is 0.155. The third-order valence-electron chi connectivity index (χ3n) is 3.23.